The number of hydrogen-bond acceptors (Lipinski definition) is 5. The summed E-state index contributed by atoms with van der Waals surface area (Å²) in [6, 6.07) is 2.52. The first kappa shape index (κ1) is 18.2. The summed E-state index contributed by atoms with van der Waals surface area (Å²) in [5.74, 6) is -2.67. The molecule has 3 unspecified atom stereocenters. The van der Waals surface area contributed by atoms with Crippen molar-refractivity contribution < 1.29 is 27.9 Å². The predicted octanol–water partition coefficient (Wildman–Crippen LogP) is 0.725. The van der Waals surface area contributed by atoms with Gasteiger partial charge in [0.1, 0.15) is 11.6 Å². The maximum absolute atomic E-state index is 13.4. The van der Waals surface area contributed by atoms with Crippen molar-refractivity contribution in [2.45, 2.75) is 25.0 Å². The van der Waals surface area contributed by atoms with Crippen molar-refractivity contribution in [1.29, 1.82) is 0 Å². The molecule has 1 saturated heterocycles. The summed E-state index contributed by atoms with van der Waals surface area (Å²) < 4.78 is 32.1. The highest BCUT2D eigenvalue weighted by Crippen LogP contribution is 2.28. The lowest BCUT2D eigenvalue weighted by molar-refractivity contribution is -0.143. The van der Waals surface area contributed by atoms with E-state index in [1.165, 1.54) is 14.0 Å². The number of rotatable bonds is 4. The highest BCUT2D eigenvalue weighted by Gasteiger charge is 2.45. The summed E-state index contributed by atoms with van der Waals surface area (Å²) in [5.41, 5.74) is -0.855. The van der Waals surface area contributed by atoms with Crippen LogP contribution in [0, 0.1) is 17.6 Å². The fraction of sp³-hybridized carbons (Fsp3) is 0.471. The zero-order chi connectivity index (χ0) is 18.9. The lowest BCUT2D eigenvalue weighted by atomic mass is 9.93. The third-order valence-electron chi connectivity index (χ3n) is 4.52. The smallest absolute Gasteiger partial charge is 0.267 e. The van der Waals surface area contributed by atoms with Crippen LogP contribution in [-0.2, 0) is 19.2 Å². The van der Waals surface area contributed by atoms with Crippen molar-refractivity contribution in [3.05, 3.63) is 35.4 Å². The molecule has 0 spiro atoms. The summed E-state index contributed by atoms with van der Waals surface area (Å²) in [7, 11) is 1.51. The van der Waals surface area contributed by atoms with Gasteiger partial charge in [-0.15, -0.1) is 0 Å². The Balaban J connectivity index is 1.68. The Morgan fingerprint density at radius 2 is 1.92 bits per heavy atom. The molecule has 2 heterocycles. The molecular weight excluding hydrogens is 348 g/mol. The summed E-state index contributed by atoms with van der Waals surface area (Å²) >= 11 is 0. The molecule has 2 aliphatic rings. The number of carbonyl (C=O) groups is 2. The van der Waals surface area contributed by atoms with E-state index >= 15 is 0 Å². The molecular formula is C17H19F2N3O4. The number of ether oxygens (including phenoxy) is 1. The van der Waals surface area contributed by atoms with Crippen LogP contribution in [0.1, 0.15) is 18.9 Å². The Kier molecular flexibility index (Phi) is 4.90. The quantitative estimate of drug-likeness (QED) is 0.821. The van der Waals surface area contributed by atoms with Crippen LogP contribution in [0.4, 0.5) is 8.78 Å². The molecule has 2 aliphatic heterocycles. The number of benzene rings is 1. The zero-order valence-electron chi connectivity index (χ0n) is 14.3. The van der Waals surface area contributed by atoms with Gasteiger partial charge in [-0.1, -0.05) is 5.16 Å². The van der Waals surface area contributed by atoms with Gasteiger partial charge in [-0.2, -0.15) is 0 Å². The van der Waals surface area contributed by atoms with Crippen molar-refractivity contribution in [1.82, 2.24) is 10.6 Å². The third kappa shape index (κ3) is 3.52. The van der Waals surface area contributed by atoms with Crippen LogP contribution < -0.4 is 10.6 Å². The normalized spacial score (nSPS) is 27.6. The van der Waals surface area contributed by atoms with E-state index in [0.717, 1.165) is 18.2 Å². The lowest BCUT2D eigenvalue weighted by Gasteiger charge is -2.24. The zero-order valence-corrected chi connectivity index (χ0v) is 14.3. The lowest BCUT2D eigenvalue weighted by Crippen LogP contribution is -2.52. The first-order valence-electron chi connectivity index (χ1n) is 8.14. The van der Waals surface area contributed by atoms with Crippen molar-refractivity contribution in [3.8, 4) is 0 Å². The van der Waals surface area contributed by atoms with Gasteiger partial charge in [0.05, 0.1) is 30.9 Å². The first-order chi connectivity index (χ1) is 12.3. The van der Waals surface area contributed by atoms with E-state index in [1.807, 2.05) is 0 Å². The number of halogens is 2. The molecule has 9 heteroatoms. The molecule has 2 amide bonds. The molecule has 1 fully saturated rings. The van der Waals surface area contributed by atoms with Crippen LogP contribution in [-0.4, -0.2) is 49.4 Å². The Labute approximate surface area is 148 Å². The average Bonchev–Trinajstić information content (AvgIpc) is 3.21. The fourth-order valence-electron chi connectivity index (χ4n) is 3.00. The van der Waals surface area contributed by atoms with Gasteiger partial charge in [-0.3, -0.25) is 9.59 Å². The van der Waals surface area contributed by atoms with E-state index < -0.39 is 35.1 Å². The minimum atomic E-state index is -1.34. The summed E-state index contributed by atoms with van der Waals surface area (Å²) in [5, 5.41) is 9.10. The Morgan fingerprint density at radius 1 is 1.23 bits per heavy atom. The SMILES string of the molecule is CNC(=O)C1COCC1NC(=O)C1(C)CC(c2cc(F)cc(F)c2)=NO1. The molecule has 0 bridgehead atoms. The summed E-state index contributed by atoms with van der Waals surface area (Å²) in [6.45, 7) is 1.95. The average molecular weight is 367 g/mol. The van der Waals surface area contributed by atoms with E-state index in [0.29, 0.717) is 0 Å². The molecule has 2 N–H and O–H groups in total. The number of nitrogens with one attached hydrogen (secondary N) is 2. The fourth-order valence-corrected chi connectivity index (χ4v) is 3.00. The second kappa shape index (κ2) is 6.99. The van der Waals surface area contributed by atoms with E-state index in [2.05, 4.69) is 15.8 Å². The van der Waals surface area contributed by atoms with Gasteiger partial charge in [0, 0.05) is 25.1 Å². The molecule has 1 aromatic carbocycles. The van der Waals surface area contributed by atoms with E-state index in [9.17, 15) is 18.4 Å². The molecule has 7 nitrogen and oxygen atoms in total. The van der Waals surface area contributed by atoms with E-state index in [1.54, 1.807) is 0 Å². The minimum Gasteiger partial charge on any atom is -0.379 e. The Bertz CT molecular complexity index is 750. The Hall–Kier alpha value is -2.55. The molecule has 140 valence electrons. The van der Waals surface area contributed by atoms with E-state index in [4.69, 9.17) is 9.57 Å². The molecule has 0 aromatic heterocycles. The van der Waals surface area contributed by atoms with Crippen LogP contribution in [0.2, 0.25) is 0 Å². The number of amides is 2. The van der Waals surface area contributed by atoms with E-state index in [-0.39, 0.29) is 36.8 Å². The van der Waals surface area contributed by atoms with Crippen LogP contribution in [0.3, 0.4) is 0 Å². The van der Waals surface area contributed by atoms with Crippen LogP contribution in [0.25, 0.3) is 0 Å². The maximum Gasteiger partial charge on any atom is 0.267 e. The monoisotopic (exact) mass is 367 g/mol. The largest absolute Gasteiger partial charge is 0.379 e. The summed E-state index contributed by atoms with van der Waals surface area (Å²) in [4.78, 5) is 29.8. The second-order valence-electron chi connectivity index (χ2n) is 6.53. The molecule has 0 radical (unpaired) electrons. The molecule has 26 heavy (non-hydrogen) atoms. The third-order valence-corrected chi connectivity index (χ3v) is 4.52. The van der Waals surface area contributed by atoms with Crippen LogP contribution >= 0.6 is 0 Å². The van der Waals surface area contributed by atoms with Gasteiger partial charge < -0.3 is 20.2 Å². The summed E-state index contributed by atoms with van der Waals surface area (Å²) in [6.07, 6.45) is 0.0416. The standard InChI is InChI=1S/C17H19F2N3O4/c1-17(16(24)21-14-8-25-7-12(14)15(23)20-2)6-13(22-26-17)9-3-10(18)5-11(19)4-9/h3-5,12,14H,6-8H2,1-2H3,(H,20,23)(H,21,24). The van der Waals surface area contributed by atoms with Crippen molar-refractivity contribution in [2.75, 3.05) is 20.3 Å². The molecule has 0 aliphatic carbocycles. The molecule has 0 saturated carbocycles. The Morgan fingerprint density at radius 3 is 2.58 bits per heavy atom. The topological polar surface area (TPSA) is 89.0 Å². The molecule has 3 atom stereocenters. The highest BCUT2D eigenvalue weighted by molar-refractivity contribution is 6.05. The van der Waals surface area contributed by atoms with Crippen LogP contribution in [0.15, 0.2) is 23.4 Å². The predicted molar refractivity (Wildman–Crippen MR) is 87.3 cm³/mol. The number of carbonyl (C=O) groups excluding carboxylic acids is 2. The van der Waals surface area contributed by atoms with Gasteiger partial charge in [0.25, 0.3) is 5.91 Å². The number of nitrogens with zero attached hydrogens (tertiary/aromatic N) is 1. The van der Waals surface area contributed by atoms with Gasteiger partial charge in [0.2, 0.25) is 11.5 Å². The van der Waals surface area contributed by atoms with Gasteiger partial charge in [-0.05, 0) is 19.1 Å². The van der Waals surface area contributed by atoms with Crippen molar-refractivity contribution in [3.63, 3.8) is 0 Å². The maximum atomic E-state index is 13.4. The van der Waals surface area contributed by atoms with Gasteiger partial charge in [-0.25, -0.2) is 8.78 Å². The number of hydrogen-bond donors (Lipinski definition) is 2. The second-order valence-corrected chi connectivity index (χ2v) is 6.53. The van der Waals surface area contributed by atoms with Gasteiger partial charge >= 0.3 is 0 Å². The number of oxime groups is 1. The van der Waals surface area contributed by atoms with Gasteiger partial charge in [0.15, 0.2) is 0 Å². The van der Waals surface area contributed by atoms with Crippen molar-refractivity contribution in [2.24, 2.45) is 11.1 Å². The molecule has 1 aromatic rings. The van der Waals surface area contributed by atoms with Crippen molar-refractivity contribution >= 4 is 17.5 Å². The van der Waals surface area contributed by atoms with Crippen LogP contribution in [0.5, 0.6) is 0 Å². The first-order valence-corrected chi connectivity index (χ1v) is 8.14. The highest BCUT2D eigenvalue weighted by atomic mass is 19.1. The minimum absolute atomic E-state index is 0.0416. The molecule has 3 rings (SSSR count).